The quantitative estimate of drug-likeness (QED) is 0.475. The van der Waals surface area contributed by atoms with Crippen LogP contribution >= 0.6 is 0 Å². The molecule has 0 spiro atoms. The van der Waals surface area contributed by atoms with Crippen molar-refractivity contribution in [3.05, 3.63) is 35.9 Å². The molecule has 0 aliphatic heterocycles. The summed E-state index contributed by atoms with van der Waals surface area (Å²) in [6.45, 7) is 8.63. The molecule has 0 aromatic heterocycles. The summed E-state index contributed by atoms with van der Waals surface area (Å²) in [7, 11) is 0. The van der Waals surface area contributed by atoms with Crippen LogP contribution in [0.3, 0.4) is 0 Å². The molecule has 0 radical (unpaired) electrons. The first kappa shape index (κ1) is 16.1. The molecule has 4 N–H and O–H groups in total. The van der Waals surface area contributed by atoms with E-state index in [1.807, 2.05) is 30.3 Å². The normalized spacial score (nSPS) is 14.3. The molecule has 1 rings (SSSR count). The first-order valence-electron chi connectivity index (χ1n) is 7.17. The molecule has 0 fully saturated rings. The minimum absolute atomic E-state index is 0.0361. The molecule has 19 heavy (non-hydrogen) atoms. The SMILES string of the molecule is CCNCCNCC(NCC)C(O)c1ccccc1. The fourth-order valence-corrected chi connectivity index (χ4v) is 2.05. The first-order valence-corrected chi connectivity index (χ1v) is 7.17. The Morgan fingerprint density at radius 2 is 1.68 bits per heavy atom. The second-order valence-electron chi connectivity index (χ2n) is 4.58. The van der Waals surface area contributed by atoms with Gasteiger partial charge in [-0.05, 0) is 18.7 Å². The van der Waals surface area contributed by atoms with Gasteiger partial charge in [-0.1, -0.05) is 44.2 Å². The van der Waals surface area contributed by atoms with Gasteiger partial charge in [0, 0.05) is 25.7 Å². The van der Waals surface area contributed by atoms with Gasteiger partial charge in [-0.3, -0.25) is 0 Å². The highest BCUT2D eigenvalue weighted by Crippen LogP contribution is 2.15. The molecular weight excluding hydrogens is 238 g/mol. The van der Waals surface area contributed by atoms with Gasteiger partial charge in [0.1, 0.15) is 0 Å². The van der Waals surface area contributed by atoms with Crippen LogP contribution in [0.5, 0.6) is 0 Å². The molecule has 2 unspecified atom stereocenters. The van der Waals surface area contributed by atoms with Crippen molar-refractivity contribution in [2.45, 2.75) is 26.0 Å². The van der Waals surface area contributed by atoms with E-state index in [2.05, 4.69) is 29.8 Å². The van der Waals surface area contributed by atoms with Crippen molar-refractivity contribution in [3.8, 4) is 0 Å². The molecule has 1 aromatic rings. The van der Waals surface area contributed by atoms with Crippen LogP contribution in [0.15, 0.2) is 30.3 Å². The Morgan fingerprint density at radius 1 is 1.00 bits per heavy atom. The standard InChI is InChI=1S/C15H27N3O/c1-3-16-10-11-17-12-14(18-4-2)15(19)13-8-6-5-7-9-13/h5-9,14-19H,3-4,10-12H2,1-2H3. The van der Waals surface area contributed by atoms with E-state index in [-0.39, 0.29) is 6.04 Å². The molecule has 1 aromatic carbocycles. The van der Waals surface area contributed by atoms with Crippen LogP contribution in [0.25, 0.3) is 0 Å². The van der Waals surface area contributed by atoms with Crippen LogP contribution < -0.4 is 16.0 Å². The third-order valence-electron chi connectivity index (χ3n) is 3.08. The summed E-state index contributed by atoms with van der Waals surface area (Å²) in [5, 5.41) is 20.4. The van der Waals surface area contributed by atoms with Gasteiger partial charge >= 0.3 is 0 Å². The molecule has 4 nitrogen and oxygen atoms in total. The maximum atomic E-state index is 10.4. The van der Waals surface area contributed by atoms with Crippen LogP contribution in [0.1, 0.15) is 25.5 Å². The van der Waals surface area contributed by atoms with E-state index < -0.39 is 6.10 Å². The number of rotatable bonds is 10. The smallest absolute Gasteiger partial charge is 0.0955 e. The number of likely N-dealkylation sites (N-methyl/N-ethyl adjacent to an activating group) is 2. The zero-order valence-electron chi connectivity index (χ0n) is 12.0. The van der Waals surface area contributed by atoms with Crippen LogP contribution in [0.4, 0.5) is 0 Å². The predicted octanol–water partition coefficient (Wildman–Crippen LogP) is 0.897. The van der Waals surface area contributed by atoms with Crippen molar-refractivity contribution in [1.82, 2.24) is 16.0 Å². The maximum absolute atomic E-state index is 10.4. The van der Waals surface area contributed by atoms with Crippen LogP contribution in [-0.4, -0.2) is 43.9 Å². The lowest BCUT2D eigenvalue weighted by Crippen LogP contribution is -2.44. The number of nitrogens with one attached hydrogen (secondary N) is 3. The van der Waals surface area contributed by atoms with Gasteiger partial charge in [-0.2, -0.15) is 0 Å². The number of aliphatic hydroxyl groups is 1. The largest absolute Gasteiger partial charge is 0.387 e. The lowest BCUT2D eigenvalue weighted by molar-refractivity contribution is 0.128. The molecule has 0 aliphatic carbocycles. The Labute approximate surface area is 116 Å². The molecule has 0 aliphatic rings. The van der Waals surface area contributed by atoms with Gasteiger partial charge in [0.2, 0.25) is 0 Å². The lowest BCUT2D eigenvalue weighted by Gasteiger charge is -2.24. The fraction of sp³-hybridized carbons (Fsp3) is 0.600. The third-order valence-corrected chi connectivity index (χ3v) is 3.08. The molecule has 2 atom stereocenters. The van der Waals surface area contributed by atoms with Crippen molar-refractivity contribution in [2.75, 3.05) is 32.7 Å². The average molecular weight is 265 g/mol. The molecule has 0 bridgehead atoms. The van der Waals surface area contributed by atoms with E-state index in [0.717, 1.165) is 38.3 Å². The molecule has 0 amide bonds. The Hall–Kier alpha value is -0.940. The van der Waals surface area contributed by atoms with Crippen molar-refractivity contribution in [2.24, 2.45) is 0 Å². The highest BCUT2D eigenvalue weighted by molar-refractivity contribution is 5.19. The molecule has 0 saturated heterocycles. The van der Waals surface area contributed by atoms with E-state index in [0.29, 0.717) is 0 Å². The molecular formula is C15H27N3O. The second-order valence-corrected chi connectivity index (χ2v) is 4.58. The van der Waals surface area contributed by atoms with Gasteiger partial charge in [0.15, 0.2) is 0 Å². The third kappa shape index (κ3) is 6.16. The second kappa shape index (κ2) is 9.92. The van der Waals surface area contributed by atoms with Gasteiger partial charge < -0.3 is 21.1 Å². The Balaban J connectivity index is 2.42. The number of benzene rings is 1. The topological polar surface area (TPSA) is 56.3 Å². The molecule has 0 saturated carbocycles. The fourth-order valence-electron chi connectivity index (χ4n) is 2.05. The van der Waals surface area contributed by atoms with Crippen molar-refractivity contribution in [3.63, 3.8) is 0 Å². The highest BCUT2D eigenvalue weighted by atomic mass is 16.3. The summed E-state index contributed by atoms with van der Waals surface area (Å²) in [4.78, 5) is 0. The minimum Gasteiger partial charge on any atom is -0.387 e. The van der Waals surface area contributed by atoms with Gasteiger partial charge in [-0.15, -0.1) is 0 Å². The number of hydrogen-bond donors (Lipinski definition) is 4. The van der Waals surface area contributed by atoms with Crippen molar-refractivity contribution in [1.29, 1.82) is 0 Å². The van der Waals surface area contributed by atoms with E-state index in [4.69, 9.17) is 0 Å². The van der Waals surface area contributed by atoms with Crippen LogP contribution in [0, 0.1) is 0 Å². The van der Waals surface area contributed by atoms with E-state index in [1.54, 1.807) is 0 Å². The summed E-state index contributed by atoms with van der Waals surface area (Å²) in [6, 6.07) is 9.85. The van der Waals surface area contributed by atoms with Gasteiger partial charge in [-0.25, -0.2) is 0 Å². The van der Waals surface area contributed by atoms with E-state index in [1.165, 1.54) is 0 Å². The highest BCUT2D eigenvalue weighted by Gasteiger charge is 2.19. The van der Waals surface area contributed by atoms with E-state index >= 15 is 0 Å². The average Bonchev–Trinajstić information content (AvgIpc) is 2.46. The zero-order chi connectivity index (χ0) is 13.9. The summed E-state index contributed by atoms with van der Waals surface area (Å²) in [5.41, 5.74) is 0.960. The minimum atomic E-state index is -0.479. The predicted molar refractivity (Wildman–Crippen MR) is 80.3 cm³/mol. The summed E-state index contributed by atoms with van der Waals surface area (Å²) in [6.07, 6.45) is -0.479. The monoisotopic (exact) mass is 265 g/mol. The molecule has 0 heterocycles. The lowest BCUT2D eigenvalue weighted by atomic mass is 10.0. The molecule has 4 heteroatoms. The van der Waals surface area contributed by atoms with Gasteiger partial charge in [0.05, 0.1) is 6.10 Å². The first-order chi connectivity index (χ1) is 9.29. The molecule has 108 valence electrons. The maximum Gasteiger partial charge on any atom is 0.0955 e. The Bertz CT molecular complexity index is 318. The summed E-state index contributed by atoms with van der Waals surface area (Å²) in [5.74, 6) is 0. The van der Waals surface area contributed by atoms with Crippen LogP contribution in [0.2, 0.25) is 0 Å². The van der Waals surface area contributed by atoms with Crippen LogP contribution in [-0.2, 0) is 0 Å². The summed E-state index contributed by atoms with van der Waals surface area (Å²) >= 11 is 0. The number of hydrogen-bond acceptors (Lipinski definition) is 4. The van der Waals surface area contributed by atoms with Crippen molar-refractivity contribution < 1.29 is 5.11 Å². The Kier molecular flexibility index (Phi) is 8.41. The van der Waals surface area contributed by atoms with Crippen molar-refractivity contribution >= 4 is 0 Å². The number of aliphatic hydroxyl groups excluding tert-OH is 1. The van der Waals surface area contributed by atoms with Gasteiger partial charge in [0.25, 0.3) is 0 Å². The van der Waals surface area contributed by atoms with E-state index in [9.17, 15) is 5.11 Å². The Morgan fingerprint density at radius 3 is 2.32 bits per heavy atom. The summed E-state index contributed by atoms with van der Waals surface area (Å²) < 4.78 is 0. The zero-order valence-corrected chi connectivity index (χ0v) is 12.0.